The second kappa shape index (κ2) is 5.33. The van der Waals surface area contributed by atoms with E-state index in [2.05, 4.69) is 58.9 Å². The maximum absolute atomic E-state index is 3.65. The average molecular weight is 282 g/mol. The van der Waals surface area contributed by atoms with Gasteiger partial charge in [0.15, 0.2) is 0 Å². The number of rotatable bonds is 3. The van der Waals surface area contributed by atoms with Crippen LogP contribution in [0.1, 0.15) is 24.5 Å². The Morgan fingerprint density at radius 1 is 1.38 bits per heavy atom. The number of halogens is 1. The van der Waals surface area contributed by atoms with Gasteiger partial charge in [-0.2, -0.15) is 0 Å². The highest BCUT2D eigenvalue weighted by molar-refractivity contribution is 9.09. The zero-order chi connectivity index (χ0) is 11.5. The monoisotopic (exact) mass is 281 g/mol. The Kier molecular flexibility index (Phi) is 4.04. The Balaban J connectivity index is 2.08. The number of likely N-dealkylation sites (tertiary alicyclic amines) is 1. The largest absolute Gasteiger partial charge is 0.295 e. The standard InChI is InChI=1S/C14H20BrN/c1-11-5-3-4-6-13(11)10-16-8-7-12(2)14(16)9-15/h3-6,12,14H,7-10H2,1-2H3. The highest BCUT2D eigenvalue weighted by atomic mass is 79.9. The summed E-state index contributed by atoms with van der Waals surface area (Å²) in [6.45, 7) is 6.92. The smallest absolute Gasteiger partial charge is 0.0239 e. The Morgan fingerprint density at radius 3 is 2.81 bits per heavy atom. The van der Waals surface area contributed by atoms with Crippen LogP contribution in [0.15, 0.2) is 24.3 Å². The van der Waals surface area contributed by atoms with E-state index in [1.807, 2.05) is 0 Å². The van der Waals surface area contributed by atoms with Gasteiger partial charge in [-0.05, 0) is 36.9 Å². The van der Waals surface area contributed by atoms with Gasteiger partial charge >= 0.3 is 0 Å². The van der Waals surface area contributed by atoms with E-state index in [0.717, 1.165) is 17.8 Å². The molecule has 0 spiro atoms. The second-order valence-electron chi connectivity index (χ2n) is 4.88. The third-order valence-electron chi connectivity index (χ3n) is 3.79. The minimum atomic E-state index is 0.708. The Labute approximate surface area is 107 Å². The van der Waals surface area contributed by atoms with E-state index in [9.17, 15) is 0 Å². The number of nitrogens with zero attached hydrogens (tertiary/aromatic N) is 1. The van der Waals surface area contributed by atoms with E-state index < -0.39 is 0 Å². The third-order valence-corrected chi connectivity index (χ3v) is 4.45. The van der Waals surface area contributed by atoms with Crippen molar-refractivity contribution in [2.24, 2.45) is 5.92 Å². The molecule has 1 fully saturated rings. The average Bonchev–Trinajstić information content (AvgIpc) is 2.63. The van der Waals surface area contributed by atoms with Gasteiger partial charge in [0.2, 0.25) is 0 Å². The quantitative estimate of drug-likeness (QED) is 0.766. The summed E-state index contributed by atoms with van der Waals surface area (Å²) in [5.41, 5.74) is 2.89. The molecular weight excluding hydrogens is 262 g/mol. The van der Waals surface area contributed by atoms with Crippen LogP contribution >= 0.6 is 15.9 Å². The lowest BCUT2D eigenvalue weighted by atomic mass is 10.0. The molecule has 2 heteroatoms. The first-order valence-electron chi connectivity index (χ1n) is 6.07. The molecule has 0 saturated carbocycles. The van der Waals surface area contributed by atoms with Gasteiger partial charge in [0, 0.05) is 17.9 Å². The molecule has 2 unspecified atom stereocenters. The lowest BCUT2D eigenvalue weighted by molar-refractivity contribution is 0.244. The van der Waals surface area contributed by atoms with Crippen LogP contribution in [0.2, 0.25) is 0 Å². The molecule has 0 aromatic heterocycles. The van der Waals surface area contributed by atoms with Gasteiger partial charge in [-0.15, -0.1) is 0 Å². The van der Waals surface area contributed by atoms with Gasteiger partial charge in [-0.1, -0.05) is 47.1 Å². The van der Waals surface area contributed by atoms with Crippen LogP contribution in [0.5, 0.6) is 0 Å². The summed E-state index contributed by atoms with van der Waals surface area (Å²) in [6, 6.07) is 9.43. The van der Waals surface area contributed by atoms with Crippen molar-refractivity contribution in [2.75, 3.05) is 11.9 Å². The van der Waals surface area contributed by atoms with Crippen LogP contribution in [0.3, 0.4) is 0 Å². The number of hydrogen-bond acceptors (Lipinski definition) is 1. The van der Waals surface area contributed by atoms with Crippen molar-refractivity contribution in [3.8, 4) is 0 Å². The van der Waals surface area contributed by atoms with E-state index in [1.54, 1.807) is 0 Å². The van der Waals surface area contributed by atoms with Crippen LogP contribution < -0.4 is 0 Å². The molecule has 16 heavy (non-hydrogen) atoms. The van der Waals surface area contributed by atoms with Crippen LogP contribution in [0, 0.1) is 12.8 Å². The molecule has 1 nitrogen and oxygen atoms in total. The predicted molar refractivity (Wildman–Crippen MR) is 73.0 cm³/mol. The van der Waals surface area contributed by atoms with Crippen LogP contribution in [-0.4, -0.2) is 22.8 Å². The van der Waals surface area contributed by atoms with E-state index in [4.69, 9.17) is 0 Å². The van der Waals surface area contributed by atoms with Crippen molar-refractivity contribution in [1.82, 2.24) is 4.90 Å². The van der Waals surface area contributed by atoms with Gasteiger partial charge in [0.1, 0.15) is 0 Å². The molecule has 1 saturated heterocycles. The molecule has 0 aliphatic carbocycles. The zero-order valence-electron chi connectivity index (χ0n) is 10.1. The summed E-state index contributed by atoms with van der Waals surface area (Å²) in [4.78, 5) is 2.61. The van der Waals surface area contributed by atoms with E-state index in [-0.39, 0.29) is 0 Å². The highest BCUT2D eigenvalue weighted by Crippen LogP contribution is 2.27. The molecule has 1 aliphatic rings. The molecule has 1 heterocycles. The molecule has 1 aromatic carbocycles. The van der Waals surface area contributed by atoms with Gasteiger partial charge in [0.25, 0.3) is 0 Å². The van der Waals surface area contributed by atoms with E-state index >= 15 is 0 Å². The molecule has 0 N–H and O–H groups in total. The van der Waals surface area contributed by atoms with Gasteiger partial charge in [0.05, 0.1) is 0 Å². The van der Waals surface area contributed by atoms with Crippen LogP contribution in [0.4, 0.5) is 0 Å². The van der Waals surface area contributed by atoms with Crippen molar-refractivity contribution >= 4 is 15.9 Å². The lowest BCUT2D eigenvalue weighted by Gasteiger charge is -2.25. The summed E-state index contributed by atoms with van der Waals surface area (Å²) < 4.78 is 0. The molecule has 0 radical (unpaired) electrons. The Hall–Kier alpha value is -0.340. The first-order valence-corrected chi connectivity index (χ1v) is 7.19. The number of hydrogen-bond donors (Lipinski definition) is 0. The van der Waals surface area contributed by atoms with Gasteiger partial charge < -0.3 is 0 Å². The molecule has 0 amide bonds. The maximum Gasteiger partial charge on any atom is 0.0239 e. The Bertz CT molecular complexity index is 350. The fourth-order valence-electron chi connectivity index (χ4n) is 2.54. The van der Waals surface area contributed by atoms with Crippen LogP contribution in [0.25, 0.3) is 0 Å². The fourth-order valence-corrected chi connectivity index (χ4v) is 3.59. The van der Waals surface area contributed by atoms with Crippen molar-refractivity contribution in [2.45, 2.75) is 32.9 Å². The second-order valence-corrected chi connectivity index (χ2v) is 5.53. The molecule has 2 rings (SSSR count). The minimum absolute atomic E-state index is 0.708. The van der Waals surface area contributed by atoms with Crippen molar-refractivity contribution in [1.29, 1.82) is 0 Å². The summed E-state index contributed by atoms with van der Waals surface area (Å²) in [7, 11) is 0. The number of benzene rings is 1. The van der Waals surface area contributed by atoms with Crippen LogP contribution in [-0.2, 0) is 6.54 Å². The number of aryl methyl sites for hydroxylation is 1. The summed E-state index contributed by atoms with van der Waals surface area (Å²) in [6.07, 6.45) is 1.34. The number of alkyl halides is 1. The maximum atomic E-state index is 3.65. The molecule has 0 bridgehead atoms. The summed E-state index contributed by atoms with van der Waals surface area (Å²) in [5.74, 6) is 0.823. The van der Waals surface area contributed by atoms with Gasteiger partial charge in [-0.3, -0.25) is 4.90 Å². The van der Waals surface area contributed by atoms with Crippen molar-refractivity contribution < 1.29 is 0 Å². The minimum Gasteiger partial charge on any atom is -0.295 e. The fraction of sp³-hybridized carbons (Fsp3) is 0.571. The van der Waals surface area contributed by atoms with Crippen molar-refractivity contribution in [3.63, 3.8) is 0 Å². The topological polar surface area (TPSA) is 3.24 Å². The lowest BCUT2D eigenvalue weighted by Crippen LogP contribution is -2.33. The summed E-state index contributed by atoms with van der Waals surface area (Å²) in [5, 5.41) is 1.10. The molecule has 1 aliphatic heterocycles. The van der Waals surface area contributed by atoms with E-state index in [0.29, 0.717) is 6.04 Å². The molecular formula is C14H20BrN. The van der Waals surface area contributed by atoms with Gasteiger partial charge in [-0.25, -0.2) is 0 Å². The Morgan fingerprint density at radius 2 is 2.12 bits per heavy atom. The SMILES string of the molecule is Cc1ccccc1CN1CCC(C)C1CBr. The molecule has 88 valence electrons. The zero-order valence-corrected chi connectivity index (χ0v) is 11.7. The molecule has 1 aromatic rings. The summed E-state index contributed by atoms with van der Waals surface area (Å²) >= 11 is 3.65. The predicted octanol–water partition coefficient (Wildman–Crippen LogP) is 3.60. The molecule has 2 atom stereocenters. The first kappa shape index (κ1) is 12.1. The van der Waals surface area contributed by atoms with Crippen molar-refractivity contribution in [3.05, 3.63) is 35.4 Å². The van der Waals surface area contributed by atoms with E-state index in [1.165, 1.54) is 24.1 Å². The normalized spacial score (nSPS) is 26.2. The first-order chi connectivity index (χ1) is 7.72. The third kappa shape index (κ3) is 2.49. The highest BCUT2D eigenvalue weighted by Gasteiger charge is 2.29.